The molecule has 6 nitrogen and oxygen atoms in total. The number of fused-ring (bicyclic) bond motifs is 2. The quantitative estimate of drug-likeness (QED) is 0.746. The van der Waals surface area contributed by atoms with E-state index >= 15 is 0 Å². The minimum Gasteiger partial charge on any atom is -0.805 e. The predicted octanol–water partition coefficient (Wildman–Crippen LogP) is 1.37. The molecule has 1 saturated heterocycles. The van der Waals surface area contributed by atoms with Crippen LogP contribution in [0.1, 0.15) is 17.8 Å². The van der Waals surface area contributed by atoms with Gasteiger partial charge in [0.2, 0.25) is 0 Å². The van der Waals surface area contributed by atoms with Gasteiger partial charge in [-0.1, -0.05) is 0 Å². The van der Waals surface area contributed by atoms with Crippen molar-refractivity contribution in [1.29, 1.82) is 0 Å². The molecule has 0 unspecified atom stereocenters. The van der Waals surface area contributed by atoms with E-state index in [-0.39, 0.29) is 11.0 Å². The molecule has 0 amide bonds. The van der Waals surface area contributed by atoms with Gasteiger partial charge in [-0.25, -0.2) is 4.39 Å². The van der Waals surface area contributed by atoms with Gasteiger partial charge in [0.05, 0.1) is 29.0 Å². The second kappa shape index (κ2) is 4.95. The molecule has 2 aromatic rings. The molecule has 0 spiro atoms. The SMILES string of the molecule is O=[n+]1c2c(n([O-])c3cc(F)c(N4CCOCC4)cc31)CCC2. The topological polar surface area (TPSA) is 63.4 Å². The molecule has 2 heterocycles. The van der Waals surface area contributed by atoms with Gasteiger partial charge in [-0.15, -0.1) is 0 Å². The van der Waals surface area contributed by atoms with Crippen molar-refractivity contribution < 1.29 is 13.6 Å². The van der Waals surface area contributed by atoms with E-state index in [0.717, 1.165) is 15.6 Å². The van der Waals surface area contributed by atoms with Crippen LogP contribution in [-0.4, -0.2) is 31.0 Å². The van der Waals surface area contributed by atoms with Gasteiger partial charge in [0.25, 0.3) is 11.2 Å². The molecule has 1 aromatic heterocycles. The van der Waals surface area contributed by atoms with Crippen molar-refractivity contribution in [3.63, 3.8) is 0 Å². The van der Waals surface area contributed by atoms with Crippen molar-refractivity contribution in [1.82, 2.24) is 4.73 Å². The highest BCUT2D eigenvalue weighted by atomic mass is 19.1. The standard InChI is InChI=1S/C15H16FN3O3/c16-10-8-14-15(9-13(10)17-4-6-22-7-5-17)19(21)12-3-1-2-11(12)18(14)20/h8-9H,1-7H2. The molecule has 0 radical (unpaired) electrons. The van der Waals surface area contributed by atoms with Crippen LogP contribution >= 0.6 is 0 Å². The Morgan fingerprint density at radius 1 is 1.23 bits per heavy atom. The molecular formula is C15H16FN3O3. The average Bonchev–Trinajstić information content (AvgIpc) is 3.03. The van der Waals surface area contributed by atoms with Gasteiger partial charge < -0.3 is 19.6 Å². The molecule has 0 atom stereocenters. The van der Waals surface area contributed by atoms with Crippen LogP contribution in [-0.2, 0) is 17.6 Å². The maximum atomic E-state index is 14.4. The fraction of sp³-hybridized carbons (Fsp3) is 0.467. The van der Waals surface area contributed by atoms with E-state index in [1.807, 2.05) is 4.90 Å². The number of anilines is 1. The number of ether oxygens (including phenoxy) is 1. The first-order chi connectivity index (χ1) is 10.7. The first kappa shape index (κ1) is 13.5. The number of halogens is 1. The van der Waals surface area contributed by atoms with Crippen LogP contribution in [0.3, 0.4) is 0 Å². The van der Waals surface area contributed by atoms with Crippen molar-refractivity contribution in [2.24, 2.45) is 0 Å². The number of aromatic nitrogens is 2. The highest BCUT2D eigenvalue weighted by molar-refractivity contribution is 5.78. The van der Waals surface area contributed by atoms with Crippen LogP contribution in [0.4, 0.5) is 10.1 Å². The van der Waals surface area contributed by atoms with Crippen molar-refractivity contribution in [3.8, 4) is 0 Å². The van der Waals surface area contributed by atoms with Gasteiger partial charge >= 0.3 is 0 Å². The number of hydrogen-bond acceptors (Lipinski definition) is 4. The number of morpholine rings is 1. The van der Waals surface area contributed by atoms with Crippen LogP contribution in [0.15, 0.2) is 12.1 Å². The largest absolute Gasteiger partial charge is 0.805 e. The maximum Gasteiger partial charge on any atom is 0.288 e. The van der Waals surface area contributed by atoms with E-state index in [2.05, 4.69) is 0 Å². The second-order valence-electron chi connectivity index (χ2n) is 5.73. The lowest BCUT2D eigenvalue weighted by Crippen LogP contribution is -2.37. The van der Waals surface area contributed by atoms with E-state index < -0.39 is 5.82 Å². The first-order valence-corrected chi connectivity index (χ1v) is 7.49. The van der Waals surface area contributed by atoms with Gasteiger partial charge in [-0.2, -0.15) is 0 Å². The molecule has 0 saturated carbocycles. The second-order valence-corrected chi connectivity index (χ2v) is 5.73. The predicted molar refractivity (Wildman–Crippen MR) is 79.1 cm³/mol. The molecule has 22 heavy (non-hydrogen) atoms. The Kier molecular flexibility index (Phi) is 3.04. The van der Waals surface area contributed by atoms with Crippen molar-refractivity contribution >= 4 is 16.7 Å². The third-order valence-corrected chi connectivity index (χ3v) is 4.48. The lowest BCUT2D eigenvalue weighted by atomic mass is 10.2. The first-order valence-electron chi connectivity index (χ1n) is 7.49. The van der Waals surface area contributed by atoms with Crippen molar-refractivity contribution in [2.75, 3.05) is 31.2 Å². The smallest absolute Gasteiger partial charge is 0.288 e. The lowest BCUT2D eigenvalue weighted by molar-refractivity contribution is -0.474. The summed E-state index contributed by atoms with van der Waals surface area (Å²) in [4.78, 5) is 14.4. The zero-order valence-electron chi connectivity index (χ0n) is 12.0. The molecule has 1 aliphatic heterocycles. The molecule has 0 N–H and O–H groups in total. The molecule has 1 aromatic carbocycles. The number of rotatable bonds is 1. The fourth-order valence-corrected chi connectivity index (χ4v) is 3.35. The minimum atomic E-state index is -0.475. The van der Waals surface area contributed by atoms with E-state index in [4.69, 9.17) is 4.74 Å². The van der Waals surface area contributed by atoms with Gasteiger partial charge in [-0.3, -0.25) is 0 Å². The Morgan fingerprint density at radius 2 is 2.00 bits per heavy atom. The van der Waals surface area contributed by atoms with Crippen LogP contribution in [0.2, 0.25) is 0 Å². The van der Waals surface area contributed by atoms with E-state index in [1.54, 1.807) is 0 Å². The number of hydrogen-bond donors (Lipinski definition) is 0. The van der Waals surface area contributed by atoms with E-state index in [1.165, 1.54) is 12.1 Å². The Balaban J connectivity index is 1.95. The van der Waals surface area contributed by atoms with E-state index in [0.29, 0.717) is 56.2 Å². The molecule has 116 valence electrons. The highest BCUT2D eigenvalue weighted by Gasteiger charge is 2.28. The summed E-state index contributed by atoms with van der Waals surface area (Å²) in [6.45, 7) is 2.20. The molecule has 0 bridgehead atoms. The highest BCUT2D eigenvalue weighted by Crippen LogP contribution is 2.28. The minimum absolute atomic E-state index is 0.102. The summed E-state index contributed by atoms with van der Waals surface area (Å²) in [5.74, 6) is -0.475. The van der Waals surface area contributed by atoms with E-state index in [9.17, 15) is 14.5 Å². The van der Waals surface area contributed by atoms with Crippen LogP contribution in [0.5, 0.6) is 0 Å². The maximum absolute atomic E-state index is 14.4. The zero-order valence-corrected chi connectivity index (χ0v) is 12.0. The molecule has 1 fully saturated rings. The summed E-state index contributed by atoms with van der Waals surface area (Å²) in [5.41, 5.74) is 1.69. The Hall–Kier alpha value is -2.15. The number of nitrogens with zero attached hydrogens (tertiary/aromatic N) is 3. The average molecular weight is 305 g/mol. The van der Waals surface area contributed by atoms with Gasteiger partial charge in [-0.05, 0) is 12.8 Å². The van der Waals surface area contributed by atoms with Gasteiger partial charge in [0, 0.05) is 36.6 Å². The fourth-order valence-electron chi connectivity index (χ4n) is 3.35. The summed E-state index contributed by atoms with van der Waals surface area (Å²) >= 11 is 0. The van der Waals surface area contributed by atoms with Gasteiger partial charge in [0.1, 0.15) is 11.3 Å². The Morgan fingerprint density at radius 3 is 2.77 bits per heavy atom. The monoisotopic (exact) mass is 305 g/mol. The Bertz CT molecular complexity index is 812. The van der Waals surface area contributed by atoms with Crippen LogP contribution in [0.25, 0.3) is 11.0 Å². The van der Waals surface area contributed by atoms with Crippen LogP contribution < -0.4 is 9.33 Å². The lowest BCUT2D eigenvalue weighted by Gasteiger charge is -2.29. The molecule has 4 rings (SSSR count). The molecule has 1 aliphatic carbocycles. The number of benzene rings is 1. The Labute approximate surface area is 125 Å². The van der Waals surface area contributed by atoms with Crippen LogP contribution in [0, 0.1) is 15.9 Å². The van der Waals surface area contributed by atoms with Crippen molar-refractivity contribution in [3.05, 3.63) is 39.5 Å². The summed E-state index contributed by atoms with van der Waals surface area (Å²) < 4.78 is 21.2. The summed E-state index contributed by atoms with van der Waals surface area (Å²) in [7, 11) is 0. The molecular weight excluding hydrogens is 289 g/mol. The molecule has 2 aliphatic rings. The third kappa shape index (κ3) is 1.89. The van der Waals surface area contributed by atoms with Gasteiger partial charge in [0.15, 0.2) is 0 Å². The normalized spacial score (nSPS) is 18.0. The zero-order chi connectivity index (χ0) is 15.3. The third-order valence-electron chi connectivity index (χ3n) is 4.48. The summed E-state index contributed by atoms with van der Waals surface area (Å²) in [5, 5.41) is 12.4. The summed E-state index contributed by atoms with van der Waals surface area (Å²) in [6, 6.07) is 2.68. The summed E-state index contributed by atoms with van der Waals surface area (Å²) in [6.07, 6.45) is 1.96. The van der Waals surface area contributed by atoms with Crippen molar-refractivity contribution in [2.45, 2.75) is 19.3 Å². The molecule has 7 heteroatoms.